The van der Waals surface area contributed by atoms with Gasteiger partial charge in [0.15, 0.2) is 0 Å². The Kier molecular flexibility index (Phi) is 3.68. The summed E-state index contributed by atoms with van der Waals surface area (Å²) in [5.74, 6) is 0.886. The van der Waals surface area contributed by atoms with E-state index in [9.17, 15) is 0 Å². The topological polar surface area (TPSA) is 35.2 Å². The van der Waals surface area contributed by atoms with E-state index < -0.39 is 0 Å². The van der Waals surface area contributed by atoms with E-state index in [2.05, 4.69) is 6.92 Å². The molecule has 0 radical (unpaired) electrons. The van der Waals surface area contributed by atoms with Crippen molar-refractivity contribution in [1.29, 1.82) is 0 Å². The van der Waals surface area contributed by atoms with Gasteiger partial charge in [0.25, 0.3) is 0 Å². The summed E-state index contributed by atoms with van der Waals surface area (Å²) in [6.07, 6.45) is 10.2. The quantitative estimate of drug-likeness (QED) is 0.776. The summed E-state index contributed by atoms with van der Waals surface area (Å²) >= 11 is 0. The van der Waals surface area contributed by atoms with Crippen molar-refractivity contribution in [2.75, 3.05) is 6.61 Å². The third-order valence-electron chi connectivity index (χ3n) is 4.33. The molecule has 2 heteroatoms. The average Bonchev–Trinajstić information content (AvgIpc) is 2.24. The van der Waals surface area contributed by atoms with E-state index in [1.54, 1.807) is 0 Å². The van der Waals surface area contributed by atoms with Crippen LogP contribution in [-0.2, 0) is 4.74 Å². The summed E-state index contributed by atoms with van der Waals surface area (Å²) in [5, 5.41) is 0. The lowest BCUT2D eigenvalue weighted by Gasteiger charge is -2.47. The van der Waals surface area contributed by atoms with Gasteiger partial charge in [-0.05, 0) is 57.3 Å². The second-order valence-electron chi connectivity index (χ2n) is 5.49. The van der Waals surface area contributed by atoms with Gasteiger partial charge in [-0.1, -0.05) is 6.92 Å². The molecule has 1 saturated carbocycles. The summed E-state index contributed by atoms with van der Waals surface area (Å²) in [6.45, 7) is 3.17. The molecule has 2 atom stereocenters. The van der Waals surface area contributed by atoms with Crippen LogP contribution in [0.2, 0.25) is 0 Å². The van der Waals surface area contributed by atoms with Crippen LogP contribution in [0, 0.1) is 5.92 Å². The van der Waals surface area contributed by atoms with Crippen LogP contribution in [0.25, 0.3) is 0 Å². The van der Waals surface area contributed by atoms with E-state index in [0.29, 0.717) is 11.6 Å². The maximum absolute atomic E-state index is 5.97. The third kappa shape index (κ3) is 2.73. The van der Waals surface area contributed by atoms with Crippen molar-refractivity contribution in [3.05, 3.63) is 0 Å². The van der Waals surface area contributed by atoms with Gasteiger partial charge in [-0.2, -0.15) is 0 Å². The largest absolute Gasteiger partial charge is 0.375 e. The Balaban J connectivity index is 1.73. The lowest BCUT2D eigenvalue weighted by Crippen LogP contribution is -2.45. The molecule has 1 heterocycles. The van der Waals surface area contributed by atoms with Crippen molar-refractivity contribution in [2.45, 2.75) is 69.9 Å². The molecule has 0 aromatic rings. The lowest BCUT2D eigenvalue weighted by atomic mass is 9.71. The second-order valence-corrected chi connectivity index (χ2v) is 5.49. The van der Waals surface area contributed by atoms with Crippen molar-refractivity contribution in [3.8, 4) is 0 Å². The SMILES string of the molecule is CCC(N)CCC1CCOC2(CCC2)C1. The van der Waals surface area contributed by atoms with Gasteiger partial charge >= 0.3 is 0 Å². The molecule has 2 aliphatic rings. The summed E-state index contributed by atoms with van der Waals surface area (Å²) in [6, 6.07) is 0.421. The van der Waals surface area contributed by atoms with Crippen molar-refractivity contribution in [1.82, 2.24) is 0 Å². The fourth-order valence-electron chi connectivity index (χ4n) is 2.95. The van der Waals surface area contributed by atoms with Crippen molar-refractivity contribution < 1.29 is 4.74 Å². The van der Waals surface area contributed by atoms with E-state index in [0.717, 1.165) is 18.9 Å². The number of hydrogen-bond donors (Lipinski definition) is 1. The zero-order chi connectivity index (χ0) is 10.7. The van der Waals surface area contributed by atoms with Gasteiger partial charge in [-0.25, -0.2) is 0 Å². The molecule has 1 spiro atoms. The highest BCUT2D eigenvalue weighted by atomic mass is 16.5. The predicted octanol–water partition coefficient (Wildman–Crippen LogP) is 2.85. The molecule has 2 N–H and O–H groups in total. The van der Waals surface area contributed by atoms with Crippen LogP contribution < -0.4 is 5.73 Å². The summed E-state index contributed by atoms with van der Waals surface area (Å²) in [7, 11) is 0. The molecule has 1 aliphatic heterocycles. The first-order valence-corrected chi connectivity index (χ1v) is 6.64. The van der Waals surface area contributed by atoms with Crippen molar-refractivity contribution in [3.63, 3.8) is 0 Å². The minimum atomic E-state index is 0.319. The molecule has 2 rings (SSSR count). The maximum atomic E-state index is 5.97. The Morgan fingerprint density at radius 3 is 2.87 bits per heavy atom. The molecular weight excluding hydrogens is 186 g/mol. The molecule has 0 bridgehead atoms. The summed E-state index contributed by atoms with van der Waals surface area (Å²) in [5.41, 5.74) is 6.29. The number of rotatable bonds is 4. The monoisotopic (exact) mass is 211 g/mol. The van der Waals surface area contributed by atoms with Gasteiger partial charge in [0, 0.05) is 12.6 Å². The molecule has 0 aromatic heterocycles. The van der Waals surface area contributed by atoms with Crippen LogP contribution in [0.3, 0.4) is 0 Å². The van der Waals surface area contributed by atoms with E-state index >= 15 is 0 Å². The molecule has 15 heavy (non-hydrogen) atoms. The first-order valence-electron chi connectivity index (χ1n) is 6.64. The highest BCUT2D eigenvalue weighted by Crippen LogP contribution is 2.45. The lowest BCUT2D eigenvalue weighted by molar-refractivity contribution is -0.144. The molecule has 2 fully saturated rings. The Bertz CT molecular complexity index is 201. The van der Waals surface area contributed by atoms with Gasteiger partial charge in [-0.15, -0.1) is 0 Å². The van der Waals surface area contributed by atoms with Crippen molar-refractivity contribution in [2.24, 2.45) is 11.7 Å². The molecular formula is C13H25NO. The van der Waals surface area contributed by atoms with E-state index in [1.165, 1.54) is 44.9 Å². The fraction of sp³-hybridized carbons (Fsp3) is 1.00. The van der Waals surface area contributed by atoms with Gasteiger partial charge in [0.1, 0.15) is 0 Å². The standard InChI is InChI=1S/C13H25NO/c1-2-12(14)5-4-11-6-9-15-13(10-11)7-3-8-13/h11-12H,2-10,14H2,1H3. The molecule has 0 aromatic carbocycles. The normalized spacial score (nSPS) is 31.2. The van der Waals surface area contributed by atoms with E-state index in [1.807, 2.05) is 0 Å². The minimum Gasteiger partial charge on any atom is -0.375 e. The minimum absolute atomic E-state index is 0.319. The Morgan fingerprint density at radius 1 is 1.47 bits per heavy atom. The zero-order valence-electron chi connectivity index (χ0n) is 10.0. The number of ether oxygens (including phenoxy) is 1. The van der Waals surface area contributed by atoms with Crippen LogP contribution in [-0.4, -0.2) is 18.2 Å². The zero-order valence-corrected chi connectivity index (χ0v) is 10.0. The molecule has 1 aliphatic carbocycles. The van der Waals surface area contributed by atoms with Gasteiger partial charge < -0.3 is 10.5 Å². The van der Waals surface area contributed by atoms with E-state index in [4.69, 9.17) is 10.5 Å². The summed E-state index contributed by atoms with van der Waals surface area (Å²) < 4.78 is 5.93. The predicted molar refractivity (Wildman–Crippen MR) is 62.8 cm³/mol. The Labute approximate surface area is 93.6 Å². The molecule has 2 unspecified atom stereocenters. The van der Waals surface area contributed by atoms with E-state index in [-0.39, 0.29) is 0 Å². The van der Waals surface area contributed by atoms with Crippen LogP contribution in [0.4, 0.5) is 0 Å². The molecule has 1 saturated heterocycles. The average molecular weight is 211 g/mol. The van der Waals surface area contributed by atoms with Crippen LogP contribution in [0.5, 0.6) is 0 Å². The highest BCUT2D eigenvalue weighted by Gasteiger charge is 2.42. The number of hydrogen-bond acceptors (Lipinski definition) is 2. The first-order chi connectivity index (χ1) is 7.24. The van der Waals surface area contributed by atoms with Crippen molar-refractivity contribution >= 4 is 0 Å². The molecule has 2 nitrogen and oxygen atoms in total. The fourth-order valence-corrected chi connectivity index (χ4v) is 2.95. The first kappa shape index (κ1) is 11.4. The Morgan fingerprint density at radius 2 is 2.27 bits per heavy atom. The highest BCUT2D eigenvalue weighted by molar-refractivity contribution is 4.94. The van der Waals surface area contributed by atoms with Gasteiger partial charge in [0.2, 0.25) is 0 Å². The smallest absolute Gasteiger partial charge is 0.0685 e. The molecule has 88 valence electrons. The maximum Gasteiger partial charge on any atom is 0.0685 e. The molecule has 0 amide bonds. The summed E-state index contributed by atoms with van der Waals surface area (Å²) in [4.78, 5) is 0. The van der Waals surface area contributed by atoms with Crippen LogP contribution >= 0.6 is 0 Å². The third-order valence-corrected chi connectivity index (χ3v) is 4.33. The second kappa shape index (κ2) is 4.84. The number of nitrogens with two attached hydrogens (primary N) is 1. The Hall–Kier alpha value is -0.0800. The van der Waals surface area contributed by atoms with Crippen LogP contribution in [0.1, 0.15) is 58.3 Å². The van der Waals surface area contributed by atoms with Gasteiger partial charge in [0.05, 0.1) is 5.60 Å². The van der Waals surface area contributed by atoms with Crippen LogP contribution in [0.15, 0.2) is 0 Å². The van der Waals surface area contributed by atoms with Gasteiger partial charge in [-0.3, -0.25) is 0 Å².